The maximum atomic E-state index is 12.6. The first-order valence-electron chi connectivity index (χ1n) is 23.1. The number of aliphatic hydroxyl groups excluding tert-OH is 2. The molecule has 4 aromatic rings. The lowest BCUT2D eigenvalue weighted by molar-refractivity contribution is -0.234. The van der Waals surface area contributed by atoms with Crippen LogP contribution in [0.25, 0.3) is 22.1 Å². The lowest BCUT2D eigenvalue weighted by Gasteiger charge is -2.69. The number of allylic oxidation sites excluding steroid dienone is 2. The molecule has 14 heteroatoms. The standard InChI is InChI=1S/C31H48O6.C19H21ClN6O/c1-17(2)9-8-10-20(28(35)36)26-22-15-24(34)27-29(5)13-12-23(33)18(3)21(29)11-14-30(27,6)31(22,7)16-25(26)37-19(4)32;1-27-13-8-12(17-14(9-13)15(20)11-24-17)10-21-5-3-7-23-19-25-16-4-2-6-22-18(16)26-19/h9,18,21-25,27,33-34H,8,10-16H2,1-7H3,(H,35,36);2,4,6,8-9,11,21,24H,3,5,7,10H2,1H3,(H2,22,23,25,26)/b26-20+;/t18-,21-,22-,23+,24?,25-,27?,29-,30-,31-;/m0./s1. The van der Waals surface area contributed by atoms with E-state index in [2.05, 4.69) is 58.3 Å². The summed E-state index contributed by atoms with van der Waals surface area (Å²) in [6.07, 6.45) is 10.7. The minimum Gasteiger partial charge on any atom is -0.497 e. The van der Waals surface area contributed by atoms with E-state index in [1.165, 1.54) is 6.92 Å². The normalized spacial score (nSPS) is 31.5. The molecule has 7 N–H and O–H groups in total. The fourth-order valence-electron chi connectivity index (χ4n) is 12.9. The molecule has 2 unspecified atom stereocenters. The van der Waals surface area contributed by atoms with Gasteiger partial charge in [-0.05, 0) is 153 Å². The first kappa shape index (κ1) is 47.5. The zero-order valence-electron chi connectivity index (χ0n) is 38.8. The molecule has 4 aliphatic carbocycles. The number of carbonyl (C=O) groups is 2. The lowest BCUT2D eigenvalue weighted by atomic mass is 9.36. The second kappa shape index (κ2) is 19.2. The molecule has 0 radical (unpaired) electrons. The van der Waals surface area contributed by atoms with Crippen molar-refractivity contribution in [2.24, 2.45) is 39.9 Å². The number of carbonyl (C=O) groups excluding carboxylic acids is 1. The van der Waals surface area contributed by atoms with E-state index in [1.807, 2.05) is 44.2 Å². The number of methoxy groups -OCH3 is 1. The van der Waals surface area contributed by atoms with Crippen molar-refractivity contribution in [1.29, 1.82) is 0 Å². The fraction of sp³-hybridized carbons (Fsp3) is 0.600. The molecule has 0 spiro atoms. The molecule has 1 aromatic carbocycles. The van der Waals surface area contributed by atoms with Crippen LogP contribution in [-0.4, -0.2) is 85.7 Å². The zero-order chi connectivity index (χ0) is 46.1. The number of esters is 1. The number of carboxylic acid groups (broad SMARTS) is 1. The first-order valence-corrected chi connectivity index (χ1v) is 23.5. The largest absolute Gasteiger partial charge is 0.497 e. The Bertz CT molecular complexity index is 2360. The van der Waals surface area contributed by atoms with Crippen LogP contribution in [-0.2, 0) is 20.9 Å². The number of fused-ring (bicyclic) bond motifs is 7. The van der Waals surface area contributed by atoms with Crippen LogP contribution in [0.15, 0.2) is 59.5 Å². The van der Waals surface area contributed by atoms with Gasteiger partial charge in [-0.2, -0.15) is 4.98 Å². The number of hydrogen-bond donors (Lipinski definition) is 7. The van der Waals surface area contributed by atoms with Crippen LogP contribution in [0.2, 0.25) is 5.02 Å². The fourth-order valence-corrected chi connectivity index (χ4v) is 13.1. The van der Waals surface area contributed by atoms with Gasteiger partial charge in [-0.15, -0.1) is 0 Å². The molecule has 64 heavy (non-hydrogen) atoms. The summed E-state index contributed by atoms with van der Waals surface area (Å²) >= 11 is 6.23. The van der Waals surface area contributed by atoms with E-state index in [9.17, 15) is 24.9 Å². The summed E-state index contributed by atoms with van der Waals surface area (Å²) in [5.41, 5.74) is 5.41. The number of imidazole rings is 1. The number of pyridine rings is 1. The summed E-state index contributed by atoms with van der Waals surface area (Å²) in [6, 6.07) is 7.83. The molecule has 3 aromatic heterocycles. The molecule has 0 aliphatic heterocycles. The molecule has 10 atom stereocenters. The molecule has 3 heterocycles. The number of rotatable bonds is 13. The lowest BCUT2D eigenvalue weighted by Crippen LogP contribution is -2.65. The molecule has 0 saturated heterocycles. The summed E-state index contributed by atoms with van der Waals surface area (Å²) in [7, 11) is 1.66. The van der Waals surface area contributed by atoms with Crippen molar-refractivity contribution in [2.75, 3.05) is 25.5 Å². The number of aliphatic hydroxyl groups is 2. The van der Waals surface area contributed by atoms with Crippen molar-refractivity contribution >= 4 is 51.6 Å². The highest BCUT2D eigenvalue weighted by atomic mass is 35.5. The molecule has 4 fully saturated rings. The van der Waals surface area contributed by atoms with Crippen LogP contribution in [0.5, 0.6) is 5.75 Å². The smallest absolute Gasteiger partial charge is 0.331 e. The van der Waals surface area contributed by atoms with E-state index in [-0.39, 0.29) is 40.1 Å². The third kappa shape index (κ3) is 9.06. The molecule has 4 saturated carbocycles. The average Bonchev–Trinajstić information content (AvgIpc) is 3.92. The second-order valence-corrected chi connectivity index (χ2v) is 20.3. The number of aliphatic carboxylic acids is 1. The predicted molar refractivity (Wildman–Crippen MR) is 251 cm³/mol. The Morgan fingerprint density at radius 1 is 1.06 bits per heavy atom. The Labute approximate surface area is 382 Å². The van der Waals surface area contributed by atoms with Gasteiger partial charge in [-0.1, -0.05) is 50.9 Å². The second-order valence-electron chi connectivity index (χ2n) is 19.9. The van der Waals surface area contributed by atoms with E-state index in [0.717, 1.165) is 102 Å². The van der Waals surface area contributed by atoms with Crippen molar-refractivity contribution in [1.82, 2.24) is 25.3 Å². The molecular weight excluding hydrogens is 832 g/mol. The highest BCUT2D eigenvalue weighted by Gasteiger charge is 2.70. The van der Waals surface area contributed by atoms with Gasteiger partial charge in [0.2, 0.25) is 5.95 Å². The molecule has 0 amide bonds. The summed E-state index contributed by atoms with van der Waals surface area (Å²) in [5.74, 6) is 0.646. The highest BCUT2D eigenvalue weighted by Crippen LogP contribution is 2.74. The number of nitrogens with one attached hydrogen (secondary N) is 4. The van der Waals surface area contributed by atoms with E-state index < -0.39 is 24.1 Å². The number of ether oxygens (including phenoxy) is 2. The first-order chi connectivity index (χ1) is 30.4. The number of aromatic nitrogens is 4. The van der Waals surface area contributed by atoms with Gasteiger partial charge in [0, 0.05) is 43.4 Å². The van der Waals surface area contributed by atoms with Crippen molar-refractivity contribution in [3.8, 4) is 5.75 Å². The Kier molecular flexibility index (Phi) is 14.3. The Balaban J connectivity index is 0.000000201. The number of anilines is 1. The quantitative estimate of drug-likeness (QED) is 0.0293. The van der Waals surface area contributed by atoms with Gasteiger partial charge in [0.05, 0.1) is 35.4 Å². The van der Waals surface area contributed by atoms with Crippen LogP contribution in [0, 0.1) is 39.9 Å². The van der Waals surface area contributed by atoms with Gasteiger partial charge in [-0.3, -0.25) is 4.79 Å². The van der Waals surface area contributed by atoms with Crippen molar-refractivity contribution < 1.29 is 34.4 Å². The number of hydrogen-bond acceptors (Lipinski definition) is 10. The SMILES string of the molecule is CC(=O)O[C@H]1C[C@@]2(C)[C@@H](CC(O)C3[C@]2(C)CC[C@H]2[C@H](C)[C@H](O)CC[C@]32C)/C1=C(/CCC=C(C)C)C(=O)O.COc1cc(CNCCCNc2nc3ncccc3[nH]2)c2[nH]cc(Cl)c2c1. The van der Waals surface area contributed by atoms with Crippen LogP contribution in [0.4, 0.5) is 5.95 Å². The number of aromatic amines is 2. The van der Waals surface area contributed by atoms with Gasteiger partial charge < -0.3 is 45.4 Å². The Morgan fingerprint density at radius 2 is 1.84 bits per heavy atom. The molecule has 0 bridgehead atoms. The summed E-state index contributed by atoms with van der Waals surface area (Å²) < 4.78 is 11.3. The maximum Gasteiger partial charge on any atom is 0.331 e. The number of nitrogens with zero attached hydrogens (tertiary/aromatic N) is 2. The van der Waals surface area contributed by atoms with Crippen LogP contribution in [0.3, 0.4) is 0 Å². The highest BCUT2D eigenvalue weighted by molar-refractivity contribution is 6.35. The molecule has 4 aliphatic rings. The minimum absolute atomic E-state index is 0.0474. The molecular formula is C50H69ClN6O7. The van der Waals surface area contributed by atoms with Crippen molar-refractivity contribution in [2.45, 2.75) is 131 Å². The van der Waals surface area contributed by atoms with Crippen LogP contribution < -0.4 is 15.4 Å². The summed E-state index contributed by atoms with van der Waals surface area (Å²) in [6.45, 7) is 16.9. The van der Waals surface area contributed by atoms with Gasteiger partial charge in [-0.25, -0.2) is 9.78 Å². The number of halogens is 1. The number of benzene rings is 1. The Hall–Kier alpha value is -4.43. The third-order valence-corrected chi connectivity index (χ3v) is 16.3. The van der Waals surface area contributed by atoms with Crippen LogP contribution >= 0.6 is 11.6 Å². The van der Waals surface area contributed by atoms with Gasteiger partial charge in [0.1, 0.15) is 11.9 Å². The minimum atomic E-state index is -0.953. The van der Waals surface area contributed by atoms with E-state index in [0.29, 0.717) is 42.2 Å². The Morgan fingerprint density at radius 3 is 2.55 bits per heavy atom. The monoisotopic (exact) mass is 900 g/mol. The topological polar surface area (TPSA) is 195 Å². The predicted octanol–water partition coefficient (Wildman–Crippen LogP) is 9.36. The van der Waals surface area contributed by atoms with Crippen molar-refractivity contribution in [3.05, 3.63) is 70.0 Å². The third-order valence-electron chi connectivity index (χ3n) is 16.0. The van der Waals surface area contributed by atoms with Gasteiger partial charge in [0.25, 0.3) is 0 Å². The van der Waals surface area contributed by atoms with E-state index >= 15 is 0 Å². The average molecular weight is 902 g/mol. The van der Waals surface area contributed by atoms with E-state index in [1.54, 1.807) is 19.5 Å². The molecule has 8 rings (SSSR count). The van der Waals surface area contributed by atoms with E-state index in [4.69, 9.17) is 21.1 Å². The number of carboxylic acids is 1. The molecule has 348 valence electrons. The van der Waals surface area contributed by atoms with Gasteiger partial charge >= 0.3 is 11.9 Å². The zero-order valence-corrected chi connectivity index (χ0v) is 39.6. The van der Waals surface area contributed by atoms with Gasteiger partial charge in [0.15, 0.2) is 5.65 Å². The van der Waals surface area contributed by atoms with Crippen LogP contribution in [0.1, 0.15) is 112 Å². The van der Waals surface area contributed by atoms with Crippen molar-refractivity contribution in [3.63, 3.8) is 0 Å². The number of H-pyrrole nitrogens is 2. The summed E-state index contributed by atoms with van der Waals surface area (Å²) in [4.78, 5) is 39.9. The molecule has 13 nitrogen and oxygen atoms in total. The maximum absolute atomic E-state index is 12.6. The summed E-state index contributed by atoms with van der Waals surface area (Å²) in [5, 5.41) is 41.3.